The fourth-order valence-corrected chi connectivity index (χ4v) is 1.82. The molecule has 1 aromatic rings. The van der Waals surface area contributed by atoms with Gasteiger partial charge >= 0.3 is 6.09 Å². The van der Waals surface area contributed by atoms with Crippen LogP contribution in [-0.2, 0) is 4.74 Å². The first-order chi connectivity index (χ1) is 8.31. The fourth-order valence-electron chi connectivity index (χ4n) is 1.24. The lowest BCUT2D eigenvalue weighted by molar-refractivity contribution is 0.101. The van der Waals surface area contributed by atoms with Crippen molar-refractivity contribution in [1.29, 1.82) is 0 Å². The molecule has 0 bridgehead atoms. The number of ether oxygens (including phenoxy) is 1. The van der Waals surface area contributed by atoms with Crippen LogP contribution in [0.4, 0.5) is 10.5 Å². The first kappa shape index (κ1) is 14.8. The van der Waals surface area contributed by atoms with Gasteiger partial charge in [0.2, 0.25) is 0 Å². The third-order valence-electron chi connectivity index (χ3n) is 2.02. The molecule has 0 saturated heterocycles. The molecule has 0 saturated carbocycles. The van der Waals surface area contributed by atoms with Crippen LogP contribution in [0, 0.1) is 0 Å². The van der Waals surface area contributed by atoms with E-state index in [0.29, 0.717) is 5.56 Å². The number of amides is 1. The second kappa shape index (κ2) is 6.07. The Hall–Kier alpha value is -1.26. The fraction of sp³-hybridized carbons (Fsp3) is 0.333. The number of hydrogen-bond acceptors (Lipinski definition) is 3. The molecule has 0 fully saturated rings. The first-order valence-corrected chi connectivity index (χ1v) is 6.04. The Kier molecular flexibility index (Phi) is 4.99. The van der Waals surface area contributed by atoms with Crippen LogP contribution < -0.4 is 5.32 Å². The van der Waals surface area contributed by atoms with Crippen molar-refractivity contribution >= 4 is 40.8 Å². The summed E-state index contributed by atoms with van der Waals surface area (Å²) in [7, 11) is 0. The van der Waals surface area contributed by atoms with Gasteiger partial charge in [0, 0.05) is 5.56 Å². The average Bonchev–Trinajstić information content (AvgIpc) is 2.21. The van der Waals surface area contributed by atoms with Crippen molar-refractivity contribution in [3.8, 4) is 0 Å². The molecule has 0 aliphatic rings. The molecular formula is C12H13Cl2NO3. The summed E-state index contributed by atoms with van der Waals surface area (Å²) in [6, 6.07) is 2.89. The van der Waals surface area contributed by atoms with E-state index in [0.717, 1.165) is 0 Å². The Morgan fingerprint density at radius 2 is 1.72 bits per heavy atom. The van der Waals surface area contributed by atoms with Crippen molar-refractivity contribution in [1.82, 2.24) is 0 Å². The van der Waals surface area contributed by atoms with E-state index in [2.05, 4.69) is 5.32 Å². The third-order valence-corrected chi connectivity index (χ3v) is 2.61. The van der Waals surface area contributed by atoms with E-state index in [1.165, 1.54) is 19.1 Å². The van der Waals surface area contributed by atoms with Gasteiger partial charge in [0.05, 0.1) is 21.8 Å². The van der Waals surface area contributed by atoms with Gasteiger partial charge in [0.1, 0.15) is 0 Å². The summed E-state index contributed by atoms with van der Waals surface area (Å²) in [4.78, 5) is 22.6. The molecule has 0 unspecified atom stereocenters. The molecule has 6 heteroatoms. The highest BCUT2D eigenvalue weighted by molar-refractivity contribution is 6.40. The number of nitrogens with one attached hydrogen (secondary N) is 1. The SMILES string of the molecule is CC(=O)c1cc(Cl)c(NC(=O)OC(C)C)c(Cl)c1. The molecule has 0 aromatic heterocycles. The van der Waals surface area contributed by atoms with E-state index < -0.39 is 6.09 Å². The summed E-state index contributed by atoms with van der Waals surface area (Å²) in [6.45, 7) is 4.85. The molecular weight excluding hydrogens is 277 g/mol. The first-order valence-electron chi connectivity index (χ1n) is 5.29. The van der Waals surface area contributed by atoms with Crippen LogP contribution in [0.25, 0.3) is 0 Å². The Morgan fingerprint density at radius 1 is 1.22 bits per heavy atom. The summed E-state index contributed by atoms with van der Waals surface area (Å²) in [5.41, 5.74) is 0.613. The minimum absolute atomic E-state index is 0.157. The molecule has 1 aromatic carbocycles. The van der Waals surface area contributed by atoms with Gasteiger partial charge in [-0.1, -0.05) is 23.2 Å². The Labute approximate surface area is 115 Å². The number of anilines is 1. The van der Waals surface area contributed by atoms with E-state index in [-0.39, 0.29) is 27.6 Å². The smallest absolute Gasteiger partial charge is 0.411 e. The highest BCUT2D eigenvalue weighted by atomic mass is 35.5. The molecule has 4 nitrogen and oxygen atoms in total. The van der Waals surface area contributed by atoms with E-state index in [9.17, 15) is 9.59 Å². The molecule has 0 spiro atoms. The minimum Gasteiger partial charge on any atom is -0.447 e. The van der Waals surface area contributed by atoms with Crippen LogP contribution >= 0.6 is 23.2 Å². The van der Waals surface area contributed by atoms with Crippen LogP contribution in [-0.4, -0.2) is 18.0 Å². The maximum absolute atomic E-state index is 11.4. The van der Waals surface area contributed by atoms with Gasteiger partial charge in [-0.3, -0.25) is 10.1 Å². The zero-order chi connectivity index (χ0) is 13.9. The van der Waals surface area contributed by atoms with Crippen molar-refractivity contribution in [3.63, 3.8) is 0 Å². The number of ketones is 1. The summed E-state index contributed by atoms with van der Waals surface area (Å²) >= 11 is 11.9. The van der Waals surface area contributed by atoms with Gasteiger partial charge in [0.15, 0.2) is 5.78 Å². The topological polar surface area (TPSA) is 55.4 Å². The normalized spacial score (nSPS) is 10.3. The molecule has 98 valence electrons. The maximum atomic E-state index is 11.4. The summed E-state index contributed by atoms with van der Waals surface area (Å²) in [5, 5.41) is 2.82. The van der Waals surface area contributed by atoms with Crippen LogP contribution in [0.2, 0.25) is 10.0 Å². The molecule has 1 rings (SSSR count). The number of benzene rings is 1. The molecule has 0 atom stereocenters. The molecule has 18 heavy (non-hydrogen) atoms. The quantitative estimate of drug-likeness (QED) is 0.851. The lowest BCUT2D eigenvalue weighted by Crippen LogP contribution is -2.18. The third kappa shape index (κ3) is 3.89. The van der Waals surface area contributed by atoms with Crippen molar-refractivity contribution in [2.24, 2.45) is 0 Å². The van der Waals surface area contributed by atoms with Gasteiger partial charge in [-0.2, -0.15) is 0 Å². The van der Waals surface area contributed by atoms with Crippen molar-refractivity contribution in [2.45, 2.75) is 26.9 Å². The van der Waals surface area contributed by atoms with E-state index in [1.807, 2.05) is 0 Å². The van der Waals surface area contributed by atoms with E-state index in [1.54, 1.807) is 13.8 Å². The highest BCUT2D eigenvalue weighted by Gasteiger charge is 2.14. The lowest BCUT2D eigenvalue weighted by atomic mass is 10.1. The summed E-state index contributed by atoms with van der Waals surface area (Å²) in [5.74, 6) is -0.157. The second-order valence-electron chi connectivity index (χ2n) is 3.95. The minimum atomic E-state index is -0.649. The molecule has 0 radical (unpaired) electrons. The Morgan fingerprint density at radius 3 is 2.11 bits per heavy atom. The molecule has 0 aliphatic heterocycles. The predicted octanol–water partition coefficient (Wildman–Crippen LogP) is 4.15. The van der Waals surface area contributed by atoms with Gasteiger partial charge in [-0.25, -0.2) is 4.79 Å². The average molecular weight is 290 g/mol. The number of hydrogen-bond donors (Lipinski definition) is 1. The highest BCUT2D eigenvalue weighted by Crippen LogP contribution is 2.32. The number of halogens is 2. The number of carbonyl (C=O) groups excluding carboxylic acids is 2. The van der Waals surface area contributed by atoms with Crippen LogP contribution in [0.3, 0.4) is 0 Å². The predicted molar refractivity (Wildman–Crippen MR) is 71.7 cm³/mol. The Bertz CT molecular complexity index is 463. The maximum Gasteiger partial charge on any atom is 0.411 e. The molecule has 0 aliphatic carbocycles. The monoisotopic (exact) mass is 289 g/mol. The second-order valence-corrected chi connectivity index (χ2v) is 4.76. The summed E-state index contributed by atoms with van der Waals surface area (Å²) in [6.07, 6.45) is -0.900. The van der Waals surface area contributed by atoms with Gasteiger partial charge < -0.3 is 4.74 Å². The van der Waals surface area contributed by atoms with Crippen LogP contribution in [0.5, 0.6) is 0 Å². The number of carbonyl (C=O) groups is 2. The van der Waals surface area contributed by atoms with E-state index >= 15 is 0 Å². The zero-order valence-corrected chi connectivity index (χ0v) is 11.7. The molecule has 0 heterocycles. The van der Waals surface area contributed by atoms with E-state index in [4.69, 9.17) is 27.9 Å². The van der Waals surface area contributed by atoms with Gasteiger partial charge in [-0.15, -0.1) is 0 Å². The van der Waals surface area contributed by atoms with Gasteiger partial charge in [0.25, 0.3) is 0 Å². The van der Waals surface area contributed by atoms with Crippen LogP contribution in [0.1, 0.15) is 31.1 Å². The lowest BCUT2D eigenvalue weighted by Gasteiger charge is -2.12. The van der Waals surface area contributed by atoms with Crippen molar-refractivity contribution in [2.75, 3.05) is 5.32 Å². The zero-order valence-electron chi connectivity index (χ0n) is 10.2. The van der Waals surface area contributed by atoms with Crippen molar-refractivity contribution in [3.05, 3.63) is 27.7 Å². The number of rotatable bonds is 3. The summed E-state index contributed by atoms with van der Waals surface area (Å²) < 4.78 is 4.91. The standard InChI is InChI=1S/C12H13Cl2NO3/c1-6(2)18-12(17)15-11-9(13)4-8(7(3)16)5-10(11)14/h4-6H,1-3H3,(H,15,17). The Balaban J connectivity index is 2.97. The molecule has 1 amide bonds. The van der Waals surface area contributed by atoms with Gasteiger partial charge in [-0.05, 0) is 32.9 Å². The largest absolute Gasteiger partial charge is 0.447 e. The molecule has 1 N–H and O–H groups in total. The van der Waals surface area contributed by atoms with Crippen molar-refractivity contribution < 1.29 is 14.3 Å². The number of Topliss-reactive ketones (excluding diaryl/α,β-unsaturated/α-hetero) is 1. The van der Waals surface area contributed by atoms with Crippen LogP contribution in [0.15, 0.2) is 12.1 Å².